The van der Waals surface area contributed by atoms with Crippen molar-refractivity contribution < 1.29 is 13.9 Å². The number of oxazole rings is 1. The monoisotopic (exact) mass is 373 g/mol. The standard InChI is InChI=1S/C24H23NO3/c1-17-22(25-24(28-17)19-12-14-20(26-2)15-13-19)10-6-16-27-23-11-5-8-18-7-3-4-9-21(18)23/h3-5,7-9,11-15H,6,10,16H2,1-2H3. The van der Waals surface area contributed by atoms with Crippen molar-refractivity contribution in [2.45, 2.75) is 19.8 Å². The molecule has 4 rings (SSSR count). The van der Waals surface area contributed by atoms with E-state index in [1.807, 2.05) is 55.5 Å². The van der Waals surface area contributed by atoms with Gasteiger partial charge in [-0.2, -0.15) is 0 Å². The molecule has 0 fully saturated rings. The van der Waals surface area contributed by atoms with Gasteiger partial charge in [0.2, 0.25) is 5.89 Å². The van der Waals surface area contributed by atoms with Gasteiger partial charge in [0.15, 0.2) is 0 Å². The lowest BCUT2D eigenvalue weighted by atomic mass is 10.1. The van der Waals surface area contributed by atoms with E-state index in [0.717, 1.165) is 46.7 Å². The molecule has 0 aliphatic carbocycles. The average Bonchev–Trinajstić information content (AvgIpc) is 3.12. The van der Waals surface area contributed by atoms with Crippen LogP contribution in [0.3, 0.4) is 0 Å². The van der Waals surface area contributed by atoms with Crippen molar-refractivity contribution in [2.24, 2.45) is 0 Å². The molecule has 0 unspecified atom stereocenters. The normalized spacial score (nSPS) is 10.9. The van der Waals surface area contributed by atoms with Crippen molar-refractivity contribution in [3.05, 3.63) is 78.2 Å². The zero-order valence-corrected chi connectivity index (χ0v) is 16.1. The van der Waals surface area contributed by atoms with Crippen molar-refractivity contribution >= 4 is 10.8 Å². The van der Waals surface area contributed by atoms with Gasteiger partial charge in [0.05, 0.1) is 19.4 Å². The molecular weight excluding hydrogens is 350 g/mol. The lowest BCUT2D eigenvalue weighted by Crippen LogP contribution is -2.00. The predicted molar refractivity (Wildman–Crippen MR) is 111 cm³/mol. The molecule has 0 spiro atoms. The second-order valence-corrected chi connectivity index (χ2v) is 6.68. The van der Waals surface area contributed by atoms with Crippen LogP contribution in [0.2, 0.25) is 0 Å². The van der Waals surface area contributed by atoms with Gasteiger partial charge in [-0.05, 0) is 55.5 Å². The molecule has 1 heterocycles. The topological polar surface area (TPSA) is 44.5 Å². The van der Waals surface area contributed by atoms with E-state index in [0.29, 0.717) is 12.5 Å². The van der Waals surface area contributed by atoms with Gasteiger partial charge < -0.3 is 13.9 Å². The van der Waals surface area contributed by atoms with Gasteiger partial charge in [-0.25, -0.2) is 4.98 Å². The summed E-state index contributed by atoms with van der Waals surface area (Å²) < 4.78 is 17.1. The molecule has 3 aromatic carbocycles. The van der Waals surface area contributed by atoms with Crippen LogP contribution in [0.5, 0.6) is 11.5 Å². The van der Waals surface area contributed by atoms with Gasteiger partial charge in [0.1, 0.15) is 17.3 Å². The third-order valence-corrected chi connectivity index (χ3v) is 4.79. The van der Waals surface area contributed by atoms with Gasteiger partial charge in [0, 0.05) is 10.9 Å². The SMILES string of the molecule is COc1ccc(-c2nc(CCCOc3cccc4ccccc34)c(C)o2)cc1. The molecule has 0 saturated carbocycles. The van der Waals surface area contributed by atoms with Crippen LogP contribution in [-0.2, 0) is 6.42 Å². The van der Waals surface area contributed by atoms with Gasteiger partial charge >= 0.3 is 0 Å². The number of hydrogen-bond acceptors (Lipinski definition) is 4. The summed E-state index contributed by atoms with van der Waals surface area (Å²) >= 11 is 0. The first-order valence-corrected chi connectivity index (χ1v) is 9.46. The van der Waals surface area contributed by atoms with E-state index in [-0.39, 0.29) is 0 Å². The molecule has 0 bridgehead atoms. The highest BCUT2D eigenvalue weighted by molar-refractivity contribution is 5.88. The quantitative estimate of drug-likeness (QED) is 0.383. The Labute approximate surface area is 164 Å². The van der Waals surface area contributed by atoms with Gasteiger partial charge in [-0.15, -0.1) is 0 Å². The van der Waals surface area contributed by atoms with Gasteiger partial charge in [0.25, 0.3) is 0 Å². The maximum atomic E-state index is 6.03. The molecule has 1 aromatic heterocycles. The van der Waals surface area contributed by atoms with Crippen LogP contribution in [0.4, 0.5) is 0 Å². The van der Waals surface area contributed by atoms with Crippen molar-refractivity contribution in [1.29, 1.82) is 0 Å². The molecular formula is C24H23NO3. The average molecular weight is 373 g/mol. The molecule has 0 atom stereocenters. The van der Waals surface area contributed by atoms with Crippen LogP contribution in [0.25, 0.3) is 22.2 Å². The number of methoxy groups -OCH3 is 1. The zero-order chi connectivity index (χ0) is 19.3. The molecule has 28 heavy (non-hydrogen) atoms. The van der Waals surface area contributed by atoms with Crippen LogP contribution < -0.4 is 9.47 Å². The minimum Gasteiger partial charge on any atom is -0.497 e. The largest absolute Gasteiger partial charge is 0.497 e. The van der Waals surface area contributed by atoms with Gasteiger partial charge in [-0.3, -0.25) is 0 Å². The summed E-state index contributed by atoms with van der Waals surface area (Å²) in [5.41, 5.74) is 1.93. The smallest absolute Gasteiger partial charge is 0.226 e. The number of aryl methyl sites for hydroxylation is 2. The molecule has 4 aromatic rings. The van der Waals surface area contributed by atoms with Crippen molar-refractivity contribution in [2.75, 3.05) is 13.7 Å². The highest BCUT2D eigenvalue weighted by Gasteiger charge is 2.11. The third kappa shape index (κ3) is 3.86. The van der Waals surface area contributed by atoms with E-state index in [9.17, 15) is 0 Å². The number of benzene rings is 3. The van der Waals surface area contributed by atoms with E-state index < -0.39 is 0 Å². The number of rotatable bonds is 7. The summed E-state index contributed by atoms with van der Waals surface area (Å²) in [6, 6.07) is 22.1. The van der Waals surface area contributed by atoms with Crippen LogP contribution >= 0.6 is 0 Å². The van der Waals surface area contributed by atoms with Crippen molar-refractivity contribution in [3.8, 4) is 23.0 Å². The van der Waals surface area contributed by atoms with E-state index in [1.165, 1.54) is 5.39 Å². The summed E-state index contributed by atoms with van der Waals surface area (Å²) in [6.07, 6.45) is 1.69. The Morgan fingerprint density at radius 3 is 2.54 bits per heavy atom. The lowest BCUT2D eigenvalue weighted by Gasteiger charge is -2.08. The van der Waals surface area contributed by atoms with E-state index >= 15 is 0 Å². The zero-order valence-electron chi connectivity index (χ0n) is 16.1. The minimum absolute atomic E-state index is 0.637. The lowest BCUT2D eigenvalue weighted by molar-refractivity contribution is 0.314. The fourth-order valence-electron chi connectivity index (χ4n) is 3.26. The molecule has 0 radical (unpaired) electrons. The van der Waals surface area contributed by atoms with Crippen molar-refractivity contribution in [3.63, 3.8) is 0 Å². The number of ether oxygens (including phenoxy) is 2. The third-order valence-electron chi connectivity index (χ3n) is 4.79. The van der Waals surface area contributed by atoms with Crippen LogP contribution in [0.1, 0.15) is 17.9 Å². The maximum absolute atomic E-state index is 6.03. The number of aromatic nitrogens is 1. The van der Waals surface area contributed by atoms with Gasteiger partial charge in [-0.1, -0.05) is 36.4 Å². The summed E-state index contributed by atoms with van der Waals surface area (Å²) in [4.78, 5) is 4.67. The first-order chi connectivity index (χ1) is 13.7. The summed E-state index contributed by atoms with van der Waals surface area (Å²) in [7, 11) is 1.66. The minimum atomic E-state index is 0.637. The van der Waals surface area contributed by atoms with Crippen LogP contribution in [-0.4, -0.2) is 18.7 Å². The number of hydrogen-bond donors (Lipinski definition) is 0. The Morgan fingerprint density at radius 1 is 0.929 bits per heavy atom. The predicted octanol–water partition coefficient (Wildman–Crippen LogP) is 5.82. The van der Waals surface area contributed by atoms with Crippen LogP contribution in [0, 0.1) is 6.92 Å². The van der Waals surface area contributed by atoms with Crippen molar-refractivity contribution in [1.82, 2.24) is 4.98 Å². The highest BCUT2D eigenvalue weighted by atomic mass is 16.5. The Kier molecular flexibility index (Phi) is 5.29. The Morgan fingerprint density at radius 2 is 1.71 bits per heavy atom. The fourth-order valence-corrected chi connectivity index (χ4v) is 3.26. The summed E-state index contributed by atoms with van der Waals surface area (Å²) in [6.45, 7) is 2.60. The molecule has 0 amide bonds. The van der Waals surface area contributed by atoms with Crippen LogP contribution in [0.15, 0.2) is 71.1 Å². The Bertz CT molecular complexity index is 1060. The molecule has 0 N–H and O–H groups in total. The Balaban J connectivity index is 1.38. The number of nitrogens with zero attached hydrogens (tertiary/aromatic N) is 1. The molecule has 142 valence electrons. The second-order valence-electron chi connectivity index (χ2n) is 6.68. The first-order valence-electron chi connectivity index (χ1n) is 9.46. The summed E-state index contributed by atoms with van der Waals surface area (Å²) in [5.74, 6) is 3.24. The first kappa shape index (κ1) is 18.1. The fraction of sp³-hybridized carbons (Fsp3) is 0.208. The molecule has 0 aliphatic rings. The molecule has 4 heteroatoms. The molecule has 0 saturated heterocycles. The molecule has 4 nitrogen and oxygen atoms in total. The number of fused-ring (bicyclic) bond motifs is 1. The van der Waals surface area contributed by atoms with E-state index in [1.54, 1.807) is 7.11 Å². The molecule has 0 aliphatic heterocycles. The maximum Gasteiger partial charge on any atom is 0.226 e. The highest BCUT2D eigenvalue weighted by Crippen LogP contribution is 2.26. The Hall–Kier alpha value is -3.27. The summed E-state index contributed by atoms with van der Waals surface area (Å²) in [5, 5.41) is 2.33. The second kappa shape index (κ2) is 8.17. The van der Waals surface area contributed by atoms with E-state index in [2.05, 4.69) is 23.2 Å². The van der Waals surface area contributed by atoms with E-state index in [4.69, 9.17) is 13.9 Å².